The maximum absolute atomic E-state index is 14.0. The number of nitrogens with zero attached hydrogens (tertiary/aromatic N) is 3. The number of hydrogen-bond acceptors (Lipinski definition) is 5. The van der Waals surface area contributed by atoms with Crippen molar-refractivity contribution >= 4 is 11.9 Å². The molecule has 0 spiro atoms. The number of halogens is 1. The van der Waals surface area contributed by atoms with Crippen LogP contribution in [0.5, 0.6) is 0 Å². The highest BCUT2D eigenvalue weighted by molar-refractivity contribution is 5.91. The summed E-state index contributed by atoms with van der Waals surface area (Å²) in [6.45, 7) is 1.86. The summed E-state index contributed by atoms with van der Waals surface area (Å²) >= 11 is 0. The fourth-order valence-electron chi connectivity index (χ4n) is 2.41. The lowest BCUT2D eigenvalue weighted by Gasteiger charge is -2.17. The molecule has 26 heavy (non-hydrogen) atoms. The largest absolute Gasteiger partial charge is 0.469 e. The summed E-state index contributed by atoms with van der Waals surface area (Å²) in [7, 11) is 2.80. The number of benzene rings is 1. The lowest BCUT2D eigenvalue weighted by atomic mass is 10.2. The van der Waals surface area contributed by atoms with Crippen LogP contribution < -0.4 is 5.43 Å². The Kier molecular flexibility index (Phi) is 6.21. The number of methoxy groups -OCH3 is 1. The van der Waals surface area contributed by atoms with Gasteiger partial charge in [0.1, 0.15) is 11.5 Å². The van der Waals surface area contributed by atoms with Crippen LogP contribution in [0.25, 0.3) is 5.69 Å². The van der Waals surface area contributed by atoms with Gasteiger partial charge in [0.25, 0.3) is 5.91 Å². The van der Waals surface area contributed by atoms with Gasteiger partial charge in [-0.25, -0.2) is 9.07 Å². The molecule has 1 heterocycles. The van der Waals surface area contributed by atoms with E-state index in [-0.39, 0.29) is 30.3 Å². The standard InChI is InChI=1S/C18H20FN3O4/c1-12-11-15(23)17(18(25)21(2)10-6-9-16(24)26-3)20-22(12)14-8-5-4-7-13(14)19/h4-5,7-8,11H,6,9-10H2,1-3H3. The van der Waals surface area contributed by atoms with Crippen LogP contribution in [0.2, 0.25) is 0 Å². The van der Waals surface area contributed by atoms with Gasteiger partial charge in [-0.2, -0.15) is 5.10 Å². The molecule has 0 unspecified atom stereocenters. The number of aromatic nitrogens is 2. The van der Waals surface area contributed by atoms with Gasteiger partial charge in [0.15, 0.2) is 5.69 Å². The van der Waals surface area contributed by atoms with E-state index >= 15 is 0 Å². The third-order valence-corrected chi connectivity index (χ3v) is 3.84. The highest BCUT2D eigenvalue weighted by Crippen LogP contribution is 2.13. The molecule has 1 aromatic carbocycles. The minimum absolute atomic E-state index is 0.146. The van der Waals surface area contributed by atoms with Crippen molar-refractivity contribution in [1.82, 2.24) is 14.7 Å². The molecule has 138 valence electrons. The van der Waals surface area contributed by atoms with Crippen molar-refractivity contribution in [2.75, 3.05) is 20.7 Å². The van der Waals surface area contributed by atoms with Crippen LogP contribution in [0.3, 0.4) is 0 Å². The summed E-state index contributed by atoms with van der Waals surface area (Å²) in [6, 6.07) is 7.20. The van der Waals surface area contributed by atoms with Crippen molar-refractivity contribution in [2.24, 2.45) is 0 Å². The Morgan fingerprint density at radius 2 is 2.00 bits per heavy atom. The first-order valence-electron chi connectivity index (χ1n) is 8.03. The van der Waals surface area contributed by atoms with Crippen molar-refractivity contribution in [3.63, 3.8) is 0 Å². The van der Waals surface area contributed by atoms with E-state index in [9.17, 15) is 18.8 Å². The van der Waals surface area contributed by atoms with Crippen molar-refractivity contribution < 1.29 is 18.7 Å². The maximum atomic E-state index is 14.0. The van der Waals surface area contributed by atoms with Gasteiger partial charge in [-0.05, 0) is 25.5 Å². The molecule has 0 N–H and O–H groups in total. The van der Waals surface area contributed by atoms with Crippen LogP contribution in [0.4, 0.5) is 4.39 Å². The highest BCUT2D eigenvalue weighted by Gasteiger charge is 2.20. The van der Waals surface area contributed by atoms with Gasteiger partial charge in [0, 0.05) is 31.8 Å². The number of para-hydroxylation sites is 1. The molecule has 0 aliphatic rings. The van der Waals surface area contributed by atoms with Crippen LogP contribution >= 0.6 is 0 Å². The first-order chi connectivity index (χ1) is 12.3. The number of carbonyl (C=O) groups excluding carboxylic acids is 2. The van der Waals surface area contributed by atoms with E-state index < -0.39 is 17.2 Å². The first kappa shape index (κ1) is 19.3. The lowest BCUT2D eigenvalue weighted by molar-refractivity contribution is -0.140. The second-order valence-electron chi connectivity index (χ2n) is 5.77. The molecule has 0 bridgehead atoms. The molecule has 0 aliphatic heterocycles. The average molecular weight is 361 g/mol. The summed E-state index contributed by atoms with van der Waals surface area (Å²) in [6.07, 6.45) is 0.553. The molecule has 7 nitrogen and oxygen atoms in total. The Morgan fingerprint density at radius 3 is 2.65 bits per heavy atom. The Labute approximate surface area is 150 Å². The summed E-state index contributed by atoms with van der Waals surface area (Å²) < 4.78 is 19.8. The number of hydrogen-bond donors (Lipinski definition) is 0. The quantitative estimate of drug-likeness (QED) is 0.732. The van der Waals surface area contributed by atoms with Crippen molar-refractivity contribution in [3.05, 3.63) is 57.8 Å². The average Bonchev–Trinajstić information content (AvgIpc) is 2.62. The SMILES string of the molecule is COC(=O)CCCN(C)C(=O)c1nn(-c2ccccc2F)c(C)cc1=O. The van der Waals surface area contributed by atoms with Gasteiger partial charge < -0.3 is 9.64 Å². The number of esters is 1. The molecule has 0 saturated heterocycles. The molecule has 1 amide bonds. The number of amides is 1. The fraction of sp³-hybridized carbons (Fsp3) is 0.333. The number of ether oxygens (including phenoxy) is 1. The van der Waals surface area contributed by atoms with Crippen LogP contribution in [-0.4, -0.2) is 47.3 Å². The van der Waals surface area contributed by atoms with Crippen molar-refractivity contribution in [2.45, 2.75) is 19.8 Å². The van der Waals surface area contributed by atoms with E-state index in [1.807, 2.05) is 0 Å². The smallest absolute Gasteiger partial charge is 0.305 e. The van der Waals surface area contributed by atoms with Crippen molar-refractivity contribution in [3.8, 4) is 5.69 Å². The molecular weight excluding hydrogens is 341 g/mol. The van der Waals surface area contributed by atoms with E-state index in [0.29, 0.717) is 12.1 Å². The summed E-state index contributed by atoms with van der Waals surface area (Å²) in [4.78, 5) is 37.2. The zero-order valence-corrected chi connectivity index (χ0v) is 14.9. The third kappa shape index (κ3) is 4.33. The zero-order chi connectivity index (χ0) is 19.3. The number of aryl methyl sites for hydroxylation is 1. The monoisotopic (exact) mass is 361 g/mol. The van der Waals surface area contributed by atoms with Crippen LogP contribution in [0, 0.1) is 12.7 Å². The van der Waals surface area contributed by atoms with Gasteiger partial charge in [0.05, 0.1) is 7.11 Å². The Balaban J connectivity index is 2.28. The molecule has 0 aliphatic carbocycles. The number of carbonyl (C=O) groups is 2. The molecule has 2 rings (SSSR count). The van der Waals surface area contributed by atoms with Gasteiger partial charge in [-0.3, -0.25) is 14.4 Å². The molecule has 0 fully saturated rings. The molecule has 1 aromatic heterocycles. The summed E-state index contributed by atoms with van der Waals surface area (Å²) in [5.41, 5.74) is -0.295. The van der Waals surface area contributed by atoms with E-state index in [0.717, 1.165) is 0 Å². The van der Waals surface area contributed by atoms with E-state index in [2.05, 4.69) is 9.84 Å². The van der Waals surface area contributed by atoms with Crippen LogP contribution in [-0.2, 0) is 9.53 Å². The Morgan fingerprint density at radius 1 is 1.31 bits per heavy atom. The summed E-state index contributed by atoms with van der Waals surface area (Å²) in [5, 5.41) is 4.06. The predicted molar refractivity (Wildman–Crippen MR) is 92.7 cm³/mol. The minimum Gasteiger partial charge on any atom is -0.469 e. The van der Waals surface area contributed by atoms with E-state index in [1.165, 1.54) is 48.0 Å². The van der Waals surface area contributed by atoms with Gasteiger partial charge in [-0.15, -0.1) is 0 Å². The molecule has 0 saturated carbocycles. The van der Waals surface area contributed by atoms with Crippen molar-refractivity contribution in [1.29, 1.82) is 0 Å². The van der Waals surface area contributed by atoms with Gasteiger partial charge in [0.2, 0.25) is 5.43 Å². The minimum atomic E-state index is -0.593. The maximum Gasteiger partial charge on any atom is 0.305 e. The summed E-state index contributed by atoms with van der Waals surface area (Å²) in [5.74, 6) is -1.48. The Bertz CT molecular complexity index is 879. The molecule has 8 heteroatoms. The molecule has 0 radical (unpaired) electrons. The highest BCUT2D eigenvalue weighted by atomic mass is 19.1. The lowest BCUT2D eigenvalue weighted by Crippen LogP contribution is -2.34. The predicted octanol–water partition coefficient (Wildman–Crippen LogP) is 1.71. The fourth-order valence-corrected chi connectivity index (χ4v) is 2.41. The van der Waals surface area contributed by atoms with Gasteiger partial charge >= 0.3 is 5.97 Å². The second-order valence-corrected chi connectivity index (χ2v) is 5.77. The zero-order valence-electron chi connectivity index (χ0n) is 14.9. The molecule has 2 aromatic rings. The van der Waals surface area contributed by atoms with E-state index in [1.54, 1.807) is 13.0 Å². The third-order valence-electron chi connectivity index (χ3n) is 3.84. The first-order valence-corrected chi connectivity index (χ1v) is 8.03. The molecule has 0 atom stereocenters. The topological polar surface area (TPSA) is 81.5 Å². The van der Waals surface area contributed by atoms with Gasteiger partial charge in [-0.1, -0.05) is 12.1 Å². The molecular formula is C18H20FN3O4. The van der Waals surface area contributed by atoms with Crippen LogP contribution in [0.15, 0.2) is 35.1 Å². The Hall–Kier alpha value is -3.03. The van der Waals surface area contributed by atoms with Crippen LogP contribution in [0.1, 0.15) is 29.0 Å². The normalized spacial score (nSPS) is 10.5. The second kappa shape index (κ2) is 8.37. The van der Waals surface area contributed by atoms with E-state index in [4.69, 9.17) is 0 Å². The number of rotatable bonds is 6.